The summed E-state index contributed by atoms with van der Waals surface area (Å²) < 4.78 is 0. The molecule has 0 bridgehead atoms. The van der Waals surface area contributed by atoms with Gasteiger partial charge in [0, 0.05) is 6.04 Å². The van der Waals surface area contributed by atoms with Crippen LogP contribution < -0.4 is 5.73 Å². The summed E-state index contributed by atoms with van der Waals surface area (Å²) in [5.74, 6) is 0. The van der Waals surface area contributed by atoms with Crippen molar-refractivity contribution >= 4 is 0 Å². The van der Waals surface area contributed by atoms with Crippen molar-refractivity contribution in [3.8, 4) is 0 Å². The Kier molecular flexibility index (Phi) is 5.06. The molecule has 1 aliphatic rings. The largest absolute Gasteiger partial charge is 0.324 e. The van der Waals surface area contributed by atoms with Gasteiger partial charge in [-0.1, -0.05) is 30.4 Å². The SMILES string of the molecule is C=C.C=C1C=CC(C(C)N)=CC1. The van der Waals surface area contributed by atoms with E-state index < -0.39 is 0 Å². The molecule has 1 atom stereocenters. The Balaban J connectivity index is 0.000000561. The Morgan fingerprint density at radius 1 is 1.42 bits per heavy atom. The average Bonchev–Trinajstić information content (AvgIpc) is 2.09. The number of allylic oxidation sites excluding steroid dienone is 3. The first-order chi connectivity index (χ1) is 5.70. The predicted octanol–water partition coefficient (Wildman–Crippen LogP) is 2.58. The molecule has 0 spiro atoms. The summed E-state index contributed by atoms with van der Waals surface area (Å²) in [6.07, 6.45) is 7.15. The molecule has 2 N–H and O–H groups in total. The van der Waals surface area contributed by atoms with E-state index in [0.29, 0.717) is 0 Å². The van der Waals surface area contributed by atoms with Gasteiger partial charge in [0.05, 0.1) is 0 Å². The lowest BCUT2D eigenvalue weighted by Crippen LogP contribution is -2.17. The van der Waals surface area contributed by atoms with Gasteiger partial charge in [-0.25, -0.2) is 0 Å². The first-order valence-corrected chi connectivity index (χ1v) is 4.01. The van der Waals surface area contributed by atoms with Gasteiger partial charge in [0.15, 0.2) is 0 Å². The van der Waals surface area contributed by atoms with Crippen LogP contribution in [0.25, 0.3) is 0 Å². The van der Waals surface area contributed by atoms with Crippen LogP contribution in [0.5, 0.6) is 0 Å². The second-order valence-corrected chi connectivity index (χ2v) is 2.69. The van der Waals surface area contributed by atoms with Crippen molar-refractivity contribution in [1.82, 2.24) is 0 Å². The summed E-state index contributed by atoms with van der Waals surface area (Å²) in [6.45, 7) is 11.8. The Morgan fingerprint density at radius 3 is 2.33 bits per heavy atom. The maximum atomic E-state index is 5.66. The standard InChI is InChI=1S/C9H13N.C2H4/c1-7-3-5-9(6-4-7)8(2)10;1-2/h3,5-6,8H,1,4,10H2,2H3;1-2H2. The van der Waals surface area contributed by atoms with Crippen molar-refractivity contribution in [3.05, 3.63) is 49.1 Å². The second kappa shape index (κ2) is 5.56. The first kappa shape index (κ1) is 10.9. The quantitative estimate of drug-likeness (QED) is 0.591. The first-order valence-electron chi connectivity index (χ1n) is 4.01. The summed E-state index contributed by atoms with van der Waals surface area (Å²) in [5, 5.41) is 0. The molecule has 0 aromatic carbocycles. The van der Waals surface area contributed by atoms with Crippen LogP contribution in [0.15, 0.2) is 49.1 Å². The van der Waals surface area contributed by atoms with Gasteiger partial charge in [-0.3, -0.25) is 0 Å². The molecule has 0 saturated carbocycles. The third kappa shape index (κ3) is 3.35. The molecule has 0 saturated heterocycles. The minimum atomic E-state index is 0.157. The summed E-state index contributed by atoms with van der Waals surface area (Å²) in [5.41, 5.74) is 8.04. The van der Waals surface area contributed by atoms with Crippen molar-refractivity contribution in [2.75, 3.05) is 0 Å². The van der Waals surface area contributed by atoms with Crippen molar-refractivity contribution in [1.29, 1.82) is 0 Å². The van der Waals surface area contributed by atoms with Gasteiger partial charge in [-0.15, -0.1) is 13.2 Å². The minimum Gasteiger partial charge on any atom is -0.324 e. The summed E-state index contributed by atoms with van der Waals surface area (Å²) in [7, 11) is 0. The van der Waals surface area contributed by atoms with Gasteiger partial charge < -0.3 is 5.73 Å². The van der Waals surface area contributed by atoms with E-state index in [2.05, 4.69) is 25.8 Å². The molecule has 0 aromatic rings. The van der Waals surface area contributed by atoms with E-state index in [1.54, 1.807) is 0 Å². The van der Waals surface area contributed by atoms with Crippen molar-refractivity contribution in [3.63, 3.8) is 0 Å². The van der Waals surface area contributed by atoms with Crippen LogP contribution in [0.1, 0.15) is 13.3 Å². The van der Waals surface area contributed by atoms with Gasteiger partial charge >= 0.3 is 0 Å². The lowest BCUT2D eigenvalue weighted by molar-refractivity contribution is 0.873. The van der Waals surface area contributed by atoms with E-state index in [9.17, 15) is 0 Å². The lowest BCUT2D eigenvalue weighted by atomic mass is 10.00. The fourth-order valence-corrected chi connectivity index (χ4v) is 0.937. The third-order valence-electron chi connectivity index (χ3n) is 1.64. The van der Waals surface area contributed by atoms with Gasteiger partial charge in [0.25, 0.3) is 0 Å². The number of nitrogens with two attached hydrogens (primary N) is 1. The average molecular weight is 163 g/mol. The zero-order valence-electron chi connectivity index (χ0n) is 7.72. The summed E-state index contributed by atoms with van der Waals surface area (Å²) in [4.78, 5) is 0. The summed E-state index contributed by atoms with van der Waals surface area (Å²) in [6, 6.07) is 0.157. The number of hydrogen-bond donors (Lipinski definition) is 1. The van der Waals surface area contributed by atoms with Crippen LogP contribution in [0, 0.1) is 0 Å². The Labute approximate surface area is 75.0 Å². The van der Waals surface area contributed by atoms with E-state index in [1.807, 2.05) is 19.1 Å². The van der Waals surface area contributed by atoms with E-state index in [0.717, 1.165) is 12.0 Å². The van der Waals surface area contributed by atoms with Crippen LogP contribution >= 0.6 is 0 Å². The van der Waals surface area contributed by atoms with Crippen molar-refractivity contribution in [2.24, 2.45) is 5.73 Å². The van der Waals surface area contributed by atoms with Gasteiger partial charge in [0.2, 0.25) is 0 Å². The van der Waals surface area contributed by atoms with Crippen molar-refractivity contribution < 1.29 is 0 Å². The molecule has 0 aromatic heterocycles. The number of hydrogen-bond acceptors (Lipinski definition) is 1. The molecular formula is C11H17N. The van der Waals surface area contributed by atoms with E-state index in [4.69, 9.17) is 5.73 Å². The smallest absolute Gasteiger partial charge is 0.0263 e. The zero-order valence-corrected chi connectivity index (χ0v) is 7.72. The van der Waals surface area contributed by atoms with E-state index in [-0.39, 0.29) is 6.04 Å². The van der Waals surface area contributed by atoms with Crippen LogP contribution in [0.4, 0.5) is 0 Å². The molecule has 1 unspecified atom stereocenters. The van der Waals surface area contributed by atoms with Gasteiger partial charge in [-0.05, 0) is 18.9 Å². The highest BCUT2D eigenvalue weighted by Gasteiger charge is 2.02. The lowest BCUT2D eigenvalue weighted by Gasteiger charge is -2.10. The molecule has 0 heterocycles. The maximum Gasteiger partial charge on any atom is 0.0263 e. The molecule has 1 rings (SSSR count). The highest BCUT2D eigenvalue weighted by atomic mass is 14.6. The van der Waals surface area contributed by atoms with Crippen molar-refractivity contribution in [2.45, 2.75) is 19.4 Å². The van der Waals surface area contributed by atoms with Gasteiger partial charge in [-0.2, -0.15) is 0 Å². The van der Waals surface area contributed by atoms with Crippen LogP contribution in [0.2, 0.25) is 0 Å². The molecule has 1 nitrogen and oxygen atoms in total. The fraction of sp³-hybridized carbons (Fsp3) is 0.273. The Morgan fingerprint density at radius 2 is 2.00 bits per heavy atom. The predicted molar refractivity (Wildman–Crippen MR) is 55.9 cm³/mol. The van der Waals surface area contributed by atoms with Crippen LogP contribution in [0.3, 0.4) is 0 Å². The molecule has 1 aliphatic carbocycles. The monoisotopic (exact) mass is 163 g/mol. The molecule has 66 valence electrons. The van der Waals surface area contributed by atoms with Gasteiger partial charge in [0.1, 0.15) is 0 Å². The molecule has 12 heavy (non-hydrogen) atoms. The molecular weight excluding hydrogens is 146 g/mol. The highest BCUT2D eigenvalue weighted by Crippen LogP contribution is 2.14. The minimum absolute atomic E-state index is 0.157. The molecule has 0 radical (unpaired) electrons. The topological polar surface area (TPSA) is 26.0 Å². The molecule has 1 heteroatoms. The summed E-state index contributed by atoms with van der Waals surface area (Å²) >= 11 is 0. The van der Waals surface area contributed by atoms with E-state index in [1.165, 1.54) is 5.57 Å². The van der Waals surface area contributed by atoms with Crippen LogP contribution in [-0.4, -0.2) is 6.04 Å². The second-order valence-electron chi connectivity index (χ2n) is 2.69. The Hall–Kier alpha value is -1.08. The fourth-order valence-electron chi connectivity index (χ4n) is 0.937. The molecule has 0 fully saturated rings. The van der Waals surface area contributed by atoms with E-state index >= 15 is 0 Å². The Bertz CT molecular complexity index is 209. The highest BCUT2D eigenvalue weighted by molar-refractivity contribution is 5.36. The normalized spacial score (nSPS) is 17.5. The van der Waals surface area contributed by atoms with Crippen LogP contribution in [-0.2, 0) is 0 Å². The zero-order chi connectivity index (χ0) is 9.56. The third-order valence-corrected chi connectivity index (χ3v) is 1.64. The molecule has 0 amide bonds. The molecule has 0 aliphatic heterocycles. The maximum absolute atomic E-state index is 5.66. The number of rotatable bonds is 1.